The lowest BCUT2D eigenvalue weighted by Gasteiger charge is -2.10. The molecule has 1 amide bonds. The molecule has 104 valence electrons. The number of aliphatic carboxylic acids is 1. The van der Waals surface area contributed by atoms with E-state index in [4.69, 9.17) is 21.4 Å². The van der Waals surface area contributed by atoms with Gasteiger partial charge < -0.3 is 15.2 Å². The van der Waals surface area contributed by atoms with Gasteiger partial charge in [-0.25, -0.2) is 4.39 Å². The molecule has 1 unspecified atom stereocenters. The number of hydrogen-bond acceptors (Lipinski definition) is 3. The first-order chi connectivity index (χ1) is 8.90. The van der Waals surface area contributed by atoms with Crippen LogP contribution in [0, 0.1) is 11.7 Å². The fourth-order valence-corrected chi connectivity index (χ4v) is 1.36. The van der Waals surface area contributed by atoms with Crippen LogP contribution in [-0.2, 0) is 9.59 Å². The first-order valence-corrected chi connectivity index (χ1v) is 5.85. The van der Waals surface area contributed by atoms with Crippen molar-refractivity contribution < 1.29 is 23.8 Å². The summed E-state index contributed by atoms with van der Waals surface area (Å²) in [4.78, 5) is 21.9. The molecule has 0 spiro atoms. The molecular weight excluding hydrogens is 277 g/mol. The van der Waals surface area contributed by atoms with E-state index in [0.29, 0.717) is 0 Å². The highest BCUT2D eigenvalue weighted by Crippen LogP contribution is 2.24. The predicted molar refractivity (Wildman–Crippen MR) is 66.7 cm³/mol. The number of carbonyl (C=O) groups is 2. The van der Waals surface area contributed by atoms with Gasteiger partial charge in [0, 0.05) is 6.54 Å². The van der Waals surface area contributed by atoms with E-state index in [-0.39, 0.29) is 23.9 Å². The zero-order valence-electron chi connectivity index (χ0n) is 10.2. The maximum atomic E-state index is 12.8. The highest BCUT2D eigenvalue weighted by Gasteiger charge is 2.12. The first kappa shape index (κ1) is 15.2. The van der Waals surface area contributed by atoms with Crippen molar-refractivity contribution >= 4 is 23.5 Å². The lowest BCUT2D eigenvalue weighted by Crippen LogP contribution is -2.34. The molecule has 0 heterocycles. The van der Waals surface area contributed by atoms with Crippen LogP contribution in [0.25, 0.3) is 0 Å². The van der Waals surface area contributed by atoms with Crippen LogP contribution >= 0.6 is 11.6 Å². The molecule has 0 fully saturated rings. The molecule has 0 radical (unpaired) electrons. The molecule has 0 saturated heterocycles. The molecule has 1 atom stereocenters. The summed E-state index contributed by atoms with van der Waals surface area (Å²) in [6.07, 6.45) is 0. The number of amides is 1. The number of carbonyl (C=O) groups excluding carboxylic acids is 1. The van der Waals surface area contributed by atoms with Gasteiger partial charge in [0.05, 0.1) is 10.9 Å². The summed E-state index contributed by atoms with van der Waals surface area (Å²) in [5, 5.41) is 11.1. The largest absolute Gasteiger partial charge is 0.482 e. The molecule has 0 aliphatic carbocycles. The summed E-state index contributed by atoms with van der Waals surface area (Å²) in [5.41, 5.74) is 0. The minimum Gasteiger partial charge on any atom is -0.482 e. The molecule has 0 aliphatic rings. The van der Waals surface area contributed by atoms with Gasteiger partial charge in [0.1, 0.15) is 11.6 Å². The van der Waals surface area contributed by atoms with E-state index >= 15 is 0 Å². The number of carboxylic acid groups (broad SMARTS) is 1. The van der Waals surface area contributed by atoms with Crippen molar-refractivity contribution in [2.45, 2.75) is 6.92 Å². The number of hydrogen-bond donors (Lipinski definition) is 2. The number of benzene rings is 1. The van der Waals surface area contributed by atoms with Crippen molar-refractivity contribution in [3.63, 3.8) is 0 Å². The third-order valence-corrected chi connectivity index (χ3v) is 2.58. The topological polar surface area (TPSA) is 75.6 Å². The van der Waals surface area contributed by atoms with E-state index in [2.05, 4.69) is 5.32 Å². The lowest BCUT2D eigenvalue weighted by molar-refractivity contribution is -0.141. The van der Waals surface area contributed by atoms with E-state index in [1.54, 1.807) is 0 Å². The van der Waals surface area contributed by atoms with Crippen molar-refractivity contribution in [2.75, 3.05) is 13.2 Å². The van der Waals surface area contributed by atoms with Crippen molar-refractivity contribution in [3.8, 4) is 5.75 Å². The van der Waals surface area contributed by atoms with Crippen molar-refractivity contribution in [1.82, 2.24) is 5.32 Å². The van der Waals surface area contributed by atoms with Gasteiger partial charge in [0.25, 0.3) is 5.91 Å². The van der Waals surface area contributed by atoms with Crippen molar-refractivity contribution in [1.29, 1.82) is 0 Å². The van der Waals surface area contributed by atoms with E-state index in [9.17, 15) is 14.0 Å². The summed E-state index contributed by atoms with van der Waals surface area (Å²) in [6, 6.07) is 3.54. The molecule has 0 aliphatic heterocycles. The number of halogens is 2. The number of ether oxygens (including phenoxy) is 1. The molecule has 5 nitrogen and oxygen atoms in total. The van der Waals surface area contributed by atoms with Gasteiger partial charge in [-0.05, 0) is 18.2 Å². The van der Waals surface area contributed by atoms with Gasteiger partial charge in [-0.3, -0.25) is 9.59 Å². The van der Waals surface area contributed by atoms with Gasteiger partial charge in [-0.1, -0.05) is 18.5 Å². The zero-order valence-corrected chi connectivity index (χ0v) is 10.9. The van der Waals surface area contributed by atoms with Crippen LogP contribution in [-0.4, -0.2) is 30.1 Å². The summed E-state index contributed by atoms with van der Waals surface area (Å²) >= 11 is 5.71. The number of nitrogens with one attached hydrogen (secondary N) is 1. The van der Waals surface area contributed by atoms with Crippen LogP contribution in [0.15, 0.2) is 18.2 Å². The minimum absolute atomic E-state index is 0.00861. The highest BCUT2D eigenvalue weighted by molar-refractivity contribution is 6.32. The lowest BCUT2D eigenvalue weighted by atomic mass is 10.2. The third-order valence-electron chi connectivity index (χ3n) is 2.28. The molecule has 7 heteroatoms. The Morgan fingerprint density at radius 3 is 2.79 bits per heavy atom. The Kier molecular flexibility index (Phi) is 5.57. The van der Waals surface area contributed by atoms with Crippen LogP contribution in [0.4, 0.5) is 4.39 Å². The van der Waals surface area contributed by atoms with Gasteiger partial charge >= 0.3 is 5.97 Å². The molecule has 0 aromatic heterocycles. The Labute approximate surface area is 114 Å². The first-order valence-electron chi connectivity index (χ1n) is 5.47. The molecule has 1 aromatic rings. The summed E-state index contributed by atoms with van der Waals surface area (Å²) < 4.78 is 17.8. The van der Waals surface area contributed by atoms with Crippen molar-refractivity contribution in [2.24, 2.45) is 5.92 Å². The fraction of sp³-hybridized carbons (Fsp3) is 0.333. The minimum atomic E-state index is -0.997. The van der Waals surface area contributed by atoms with Gasteiger partial charge in [0.2, 0.25) is 0 Å². The summed E-state index contributed by atoms with van der Waals surface area (Å²) in [6.45, 7) is 1.16. The quantitative estimate of drug-likeness (QED) is 0.836. The Morgan fingerprint density at radius 1 is 1.53 bits per heavy atom. The Hall–Kier alpha value is -1.82. The van der Waals surface area contributed by atoms with E-state index < -0.39 is 23.6 Å². The normalized spacial score (nSPS) is 11.7. The standard InChI is InChI=1S/C12H13ClFNO4/c1-7(12(17)18)5-15-11(16)6-19-10-3-2-8(14)4-9(10)13/h2-4,7H,5-6H2,1H3,(H,15,16)(H,17,18). The third kappa shape index (κ3) is 5.13. The van der Waals surface area contributed by atoms with Crippen LogP contribution in [0.2, 0.25) is 5.02 Å². The summed E-state index contributed by atoms with van der Waals surface area (Å²) in [5.74, 6) is -2.48. The summed E-state index contributed by atoms with van der Waals surface area (Å²) in [7, 11) is 0. The van der Waals surface area contributed by atoms with Gasteiger partial charge in [-0.15, -0.1) is 0 Å². The second-order valence-corrected chi connectivity index (χ2v) is 4.31. The van der Waals surface area contributed by atoms with E-state index in [1.165, 1.54) is 13.0 Å². The Bertz CT molecular complexity index is 481. The maximum Gasteiger partial charge on any atom is 0.308 e. The Morgan fingerprint density at radius 2 is 2.21 bits per heavy atom. The van der Waals surface area contributed by atoms with E-state index in [1.807, 2.05) is 0 Å². The number of carboxylic acids is 1. The molecule has 19 heavy (non-hydrogen) atoms. The fourth-order valence-electron chi connectivity index (χ4n) is 1.14. The molecule has 0 bridgehead atoms. The van der Waals surface area contributed by atoms with Crippen LogP contribution < -0.4 is 10.1 Å². The van der Waals surface area contributed by atoms with Crippen LogP contribution in [0.5, 0.6) is 5.75 Å². The molecule has 1 rings (SSSR count). The highest BCUT2D eigenvalue weighted by atomic mass is 35.5. The van der Waals surface area contributed by atoms with Gasteiger partial charge in [0.15, 0.2) is 6.61 Å². The number of rotatable bonds is 6. The average Bonchev–Trinajstić information content (AvgIpc) is 2.34. The monoisotopic (exact) mass is 289 g/mol. The second-order valence-electron chi connectivity index (χ2n) is 3.91. The smallest absolute Gasteiger partial charge is 0.308 e. The molecular formula is C12H13ClFNO4. The maximum absolute atomic E-state index is 12.8. The SMILES string of the molecule is CC(CNC(=O)COc1ccc(F)cc1Cl)C(=O)O. The van der Waals surface area contributed by atoms with Crippen LogP contribution in [0.1, 0.15) is 6.92 Å². The molecule has 2 N–H and O–H groups in total. The second kappa shape index (κ2) is 6.94. The predicted octanol–water partition coefficient (Wildman–Crippen LogP) is 1.69. The molecule has 0 saturated carbocycles. The average molecular weight is 290 g/mol. The van der Waals surface area contributed by atoms with Gasteiger partial charge in [-0.2, -0.15) is 0 Å². The van der Waals surface area contributed by atoms with Crippen LogP contribution in [0.3, 0.4) is 0 Å². The molecule has 1 aromatic carbocycles. The zero-order chi connectivity index (χ0) is 14.4. The van der Waals surface area contributed by atoms with Crippen molar-refractivity contribution in [3.05, 3.63) is 29.0 Å². The van der Waals surface area contributed by atoms with E-state index in [0.717, 1.165) is 12.1 Å². The Balaban J connectivity index is 2.40.